The fourth-order valence-electron chi connectivity index (χ4n) is 3.81. The van der Waals surface area contributed by atoms with Crippen molar-refractivity contribution >= 4 is 87.0 Å². The number of benzene rings is 3. The van der Waals surface area contributed by atoms with Crippen molar-refractivity contribution in [1.29, 1.82) is 0 Å². The average Bonchev–Trinajstić information content (AvgIpc) is 3.36. The van der Waals surface area contributed by atoms with Gasteiger partial charge in [-0.25, -0.2) is 0 Å². The lowest BCUT2D eigenvalue weighted by Crippen LogP contribution is -2.18. The molecule has 2 amide bonds. The summed E-state index contributed by atoms with van der Waals surface area (Å²) in [5, 5.41) is 6.48. The first-order valence-electron chi connectivity index (χ1n) is 10.3. The van der Waals surface area contributed by atoms with Crippen LogP contribution in [0.1, 0.15) is 39.1 Å². The first-order chi connectivity index (χ1) is 16.5. The van der Waals surface area contributed by atoms with E-state index in [0.717, 1.165) is 0 Å². The van der Waals surface area contributed by atoms with Gasteiger partial charge in [0.25, 0.3) is 5.91 Å². The number of carbonyl (C=O) groups excluding carboxylic acids is 3. The van der Waals surface area contributed by atoms with Gasteiger partial charge in [0.05, 0.1) is 16.5 Å². The highest BCUT2D eigenvalue weighted by Gasteiger charge is 2.67. The van der Waals surface area contributed by atoms with Crippen molar-refractivity contribution in [3.05, 3.63) is 92.4 Å². The van der Waals surface area contributed by atoms with Gasteiger partial charge in [0, 0.05) is 32.9 Å². The van der Waals surface area contributed by atoms with Gasteiger partial charge in [-0.05, 0) is 73.2 Å². The van der Waals surface area contributed by atoms with Crippen LogP contribution in [-0.4, -0.2) is 21.9 Å². The second-order valence-corrected chi connectivity index (χ2v) is 10.8. The van der Waals surface area contributed by atoms with Gasteiger partial charge < -0.3 is 10.6 Å². The number of nitrogens with one attached hydrogen (secondary N) is 2. The fraction of sp³-hybridized carbons (Fsp3) is 0.160. The maximum absolute atomic E-state index is 13.0. The van der Waals surface area contributed by atoms with Gasteiger partial charge in [0.1, 0.15) is 4.33 Å². The number of amides is 2. The zero-order valence-corrected chi connectivity index (χ0v) is 21.8. The highest BCUT2D eigenvalue weighted by molar-refractivity contribution is 6.53. The monoisotopic (exact) mass is 568 g/mol. The third-order valence-electron chi connectivity index (χ3n) is 5.61. The number of carbonyl (C=O) groups is 3. The van der Waals surface area contributed by atoms with Gasteiger partial charge in [-0.1, -0.05) is 34.8 Å². The van der Waals surface area contributed by atoms with Crippen molar-refractivity contribution in [3.8, 4) is 0 Å². The number of rotatable bonds is 6. The molecule has 1 aliphatic rings. The van der Waals surface area contributed by atoms with Crippen LogP contribution in [0.15, 0.2) is 60.7 Å². The molecule has 35 heavy (non-hydrogen) atoms. The molecule has 0 radical (unpaired) electrons. The van der Waals surface area contributed by atoms with Crippen molar-refractivity contribution in [2.45, 2.75) is 17.2 Å². The Bertz CT molecular complexity index is 1320. The van der Waals surface area contributed by atoms with Crippen molar-refractivity contribution < 1.29 is 14.4 Å². The van der Waals surface area contributed by atoms with Crippen molar-refractivity contribution in [2.24, 2.45) is 5.92 Å². The van der Waals surface area contributed by atoms with E-state index in [1.165, 1.54) is 19.1 Å². The Kier molecular flexibility index (Phi) is 7.37. The molecule has 3 aromatic rings. The summed E-state index contributed by atoms with van der Waals surface area (Å²) in [6, 6.07) is 15.9. The summed E-state index contributed by atoms with van der Waals surface area (Å²) in [6.07, 6.45) is 0. The van der Waals surface area contributed by atoms with Gasteiger partial charge in [-0.2, -0.15) is 0 Å². The van der Waals surface area contributed by atoms with E-state index < -0.39 is 28.0 Å². The molecule has 4 rings (SSSR count). The topological polar surface area (TPSA) is 75.3 Å². The molecule has 3 aromatic carbocycles. The highest BCUT2D eigenvalue weighted by atomic mass is 35.5. The molecule has 1 aliphatic carbocycles. The number of alkyl halides is 2. The highest BCUT2D eigenvalue weighted by Crippen LogP contribution is 2.65. The van der Waals surface area contributed by atoms with Crippen LogP contribution >= 0.6 is 58.0 Å². The van der Waals surface area contributed by atoms with Crippen LogP contribution in [0.5, 0.6) is 0 Å². The van der Waals surface area contributed by atoms with E-state index in [1.54, 1.807) is 48.5 Å². The van der Waals surface area contributed by atoms with E-state index in [-0.39, 0.29) is 16.4 Å². The minimum atomic E-state index is -1.34. The number of anilines is 2. The Morgan fingerprint density at radius 3 is 2.00 bits per heavy atom. The minimum absolute atomic E-state index is 0.0800. The van der Waals surface area contributed by atoms with Crippen LogP contribution in [-0.2, 0) is 4.79 Å². The van der Waals surface area contributed by atoms with E-state index in [0.29, 0.717) is 32.5 Å². The molecule has 0 spiro atoms. The SMILES string of the molecule is CC(=O)c1ccc(NC(=O)c2cc(NC(=O)C3C(c4cc(Cl)cc(Cl)c4)C3(Cl)Cl)ccc2Cl)cc1. The molecule has 0 saturated heterocycles. The first-order valence-corrected chi connectivity index (χ1v) is 12.2. The summed E-state index contributed by atoms with van der Waals surface area (Å²) in [5.41, 5.74) is 2.16. The molecule has 2 N–H and O–H groups in total. The number of ketones is 1. The molecule has 10 heteroatoms. The summed E-state index contributed by atoms with van der Waals surface area (Å²) in [6.45, 7) is 1.46. The third-order valence-corrected chi connectivity index (χ3v) is 7.31. The normalized spacial score (nSPS) is 18.0. The van der Waals surface area contributed by atoms with Crippen LogP contribution in [0.4, 0.5) is 11.4 Å². The zero-order chi connectivity index (χ0) is 25.5. The fourth-order valence-corrected chi connectivity index (χ4v) is 5.38. The van der Waals surface area contributed by atoms with E-state index >= 15 is 0 Å². The molecule has 180 valence electrons. The maximum atomic E-state index is 13.0. The lowest BCUT2D eigenvalue weighted by atomic mass is 10.1. The van der Waals surface area contributed by atoms with Crippen LogP contribution in [0.25, 0.3) is 0 Å². The molecule has 1 fully saturated rings. The molecular formula is C25H17Cl5N2O3. The Labute approximate surface area is 226 Å². The number of Topliss-reactive ketones (excluding diaryl/α,β-unsaturated/α-hetero) is 1. The molecular weight excluding hydrogens is 554 g/mol. The van der Waals surface area contributed by atoms with E-state index in [4.69, 9.17) is 58.0 Å². The van der Waals surface area contributed by atoms with Gasteiger partial charge in [-0.15, -0.1) is 23.2 Å². The molecule has 1 saturated carbocycles. The van der Waals surface area contributed by atoms with E-state index in [1.807, 2.05) is 0 Å². The predicted octanol–water partition coefficient (Wildman–Crippen LogP) is 7.63. The quantitative estimate of drug-likeness (QED) is 0.236. The zero-order valence-electron chi connectivity index (χ0n) is 18.0. The lowest BCUT2D eigenvalue weighted by molar-refractivity contribution is -0.117. The molecule has 2 atom stereocenters. The predicted molar refractivity (Wildman–Crippen MR) is 142 cm³/mol. The lowest BCUT2D eigenvalue weighted by Gasteiger charge is -2.11. The van der Waals surface area contributed by atoms with Gasteiger partial charge in [-0.3, -0.25) is 14.4 Å². The minimum Gasteiger partial charge on any atom is -0.326 e. The van der Waals surface area contributed by atoms with E-state index in [2.05, 4.69) is 10.6 Å². The van der Waals surface area contributed by atoms with Crippen LogP contribution in [0, 0.1) is 5.92 Å². The Morgan fingerprint density at radius 2 is 1.40 bits per heavy atom. The number of halogens is 5. The second-order valence-electron chi connectivity index (χ2n) is 8.10. The third kappa shape index (κ3) is 5.60. The molecule has 0 aromatic heterocycles. The van der Waals surface area contributed by atoms with Crippen molar-refractivity contribution in [2.75, 3.05) is 10.6 Å². The molecule has 0 aliphatic heterocycles. The van der Waals surface area contributed by atoms with Gasteiger partial charge >= 0.3 is 0 Å². The summed E-state index contributed by atoms with van der Waals surface area (Å²) in [5.74, 6) is -2.25. The maximum Gasteiger partial charge on any atom is 0.257 e. The molecule has 0 heterocycles. The van der Waals surface area contributed by atoms with Gasteiger partial charge in [0.2, 0.25) is 5.91 Å². The standard InChI is InChI=1S/C25H17Cl5N2O3/c1-12(33)13-2-4-17(5-3-13)31-23(34)19-11-18(6-7-20(19)28)32-24(35)22-21(25(22,29)30)14-8-15(26)10-16(27)9-14/h2-11,21-22H,1H3,(H,31,34)(H,32,35). The first kappa shape index (κ1) is 25.8. The average molecular weight is 571 g/mol. The summed E-state index contributed by atoms with van der Waals surface area (Å²) >= 11 is 31.2. The van der Waals surface area contributed by atoms with Crippen LogP contribution in [0.3, 0.4) is 0 Å². The molecule has 2 unspecified atom stereocenters. The van der Waals surface area contributed by atoms with Gasteiger partial charge in [0.15, 0.2) is 5.78 Å². The summed E-state index contributed by atoms with van der Waals surface area (Å²) in [7, 11) is 0. The Morgan fingerprint density at radius 1 is 0.800 bits per heavy atom. The van der Waals surface area contributed by atoms with Crippen LogP contribution in [0.2, 0.25) is 15.1 Å². The van der Waals surface area contributed by atoms with Crippen molar-refractivity contribution in [3.63, 3.8) is 0 Å². The number of hydrogen-bond donors (Lipinski definition) is 2. The summed E-state index contributed by atoms with van der Waals surface area (Å²) < 4.78 is -1.34. The molecule has 0 bridgehead atoms. The number of hydrogen-bond acceptors (Lipinski definition) is 3. The largest absolute Gasteiger partial charge is 0.326 e. The van der Waals surface area contributed by atoms with E-state index in [9.17, 15) is 14.4 Å². The van der Waals surface area contributed by atoms with Crippen molar-refractivity contribution in [1.82, 2.24) is 0 Å². The second kappa shape index (κ2) is 10.00. The molecule has 5 nitrogen and oxygen atoms in total. The Balaban J connectivity index is 1.49. The van der Waals surface area contributed by atoms with Crippen LogP contribution < -0.4 is 10.6 Å². The smallest absolute Gasteiger partial charge is 0.257 e. The Hall–Kier alpha value is -2.28. The summed E-state index contributed by atoms with van der Waals surface area (Å²) in [4.78, 5) is 37.2.